The molecule has 142 valence electrons. The van der Waals surface area contributed by atoms with Gasteiger partial charge in [0, 0.05) is 25.8 Å². The van der Waals surface area contributed by atoms with E-state index in [9.17, 15) is 9.59 Å². The second-order valence-electron chi connectivity index (χ2n) is 6.86. The maximum atomic E-state index is 12.5. The highest BCUT2D eigenvalue weighted by atomic mass is 16.6. The van der Waals surface area contributed by atoms with Gasteiger partial charge >= 0.3 is 6.09 Å². The van der Waals surface area contributed by atoms with Crippen molar-refractivity contribution in [2.24, 2.45) is 4.99 Å². The lowest BCUT2D eigenvalue weighted by molar-refractivity contribution is -0.133. The molecule has 0 saturated carbocycles. The molecule has 1 N–H and O–H groups in total. The van der Waals surface area contributed by atoms with Gasteiger partial charge in [-0.3, -0.25) is 4.79 Å². The molecule has 1 saturated heterocycles. The standard InChI is InChI=1S/C18H22N6O3/c1-2-27-17(26)24-10-6-18(11-15(24)25)5-9-23-8-4-14(21-16(23)22-18)13-3-7-19-12-20-13/h3-4,7,12H,2,5-6,8-11H2,1H3,(H,21,22). The number of fused-ring (bicyclic) bond motifs is 1. The number of nitrogens with one attached hydrogen (secondary N) is 1. The third kappa shape index (κ3) is 3.36. The van der Waals surface area contributed by atoms with Gasteiger partial charge in [-0.25, -0.2) is 24.7 Å². The molecule has 1 fully saturated rings. The Morgan fingerprint density at radius 2 is 2.22 bits per heavy atom. The predicted octanol–water partition coefficient (Wildman–Crippen LogP) is 1.00. The molecular weight excluding hydrogens is 348 g/mol. The summed E-state index contributed by atoms with van der Waals surface area (Å²) in [5, 5.41) is 3.34. The van der Waals surface area contributed by atoms with Gasteiger partial charge in [0.05, 0.1) is 30.0 Å². The van der Waals surface area contributed by atoms with E-state index in [0.717, 1.165) is 36.9 Å². The molecule has 4 heterocycles. The SMILES string of the molecule is CCOC(=O)N1CCC2(CCN3CC=C(c4ccncn4)NC3=N2)CC1=O. The molecule has 1 aromatic heterocycles. The van der Waals surface area contributed by atoms with Crippen molar-refractivity contribution in [3.05, 3.63) is 30.4 Å². The van der Waals surface area contributed by atoms with Crippen molar-refractivity contribution in [3.63, 3.8) is 0 Å². The van der Waals surface area contributed by atoms with Crippen molar-refractivity contribution in [2.75, 3.05) is 26.2 Å². The Balaban J connectivity index is 1.51. The van der Waals surface area contributed by atoms with Gasteiger partial charge in [-0.05, 0) is 31.9 Å². The molecule has 9 nitrogen and oxygen atoms in total. The van der Waals surface area contributed by atoms with Gasteiger partial charge in [0.25, 0.3) is 0 Å². The minimum Gasteiger partial charge on any atom is -0.449 e. The van der Waals surface area contributed by atoms with Crippen LogP contribution in [0.4, 0.5) is 4.79 Å². The Bertz CT molecular complexity index is 809. The van der Waals surface area contributed by atoms with Crippen LogP contribution in [0.5, 0.6) is 0 Å². The lowest BCUT2D eigenvalue weighted by atomic mass is 9.83. The van der Waals surface area contributed by atoms with E-state index < -0.39 is 11.6 Å². The Kier molecular flexibility index (Phi) is 4.51. The van der Waals surface area contributed by atoms with Crippen LogP contribution in [0.2, 0.25) is 0 Å². The van der Waals surface area contributed by atoms with Gasteiger partial charge in [0.15, 0.2) is 5.96 Å². The van der Waals surface area contributed by atoms with Crippen molar-refractivity contribution in [2.45, 2.75) is 31.7 Å². The van der Waals surface area contributed by atoms with E-state index in [1.165, 1.54) is 11.2 Å². The van der Waals surface area contributed by atoms with Crippen LogP contribution in [0, 0.1) is 0 Å². The molecule has 1 atom stereocenters. The van der Waals surface area contributed by atoms with E-state index in [0.29, 0.717) is 13.0 Å². The normalized spacial score (nSPS) is 24.7. The number of hydrogen-bond donors (Lipinski definition) is 1. The van der Waals surface area contributed by atoms with Gasteiger partial charge < -0.3 is 15.0 Å². The van der Waals surface area contributed by atoms with E-state index >= 15 is 0 Å². The van der Waals surface area contributed by atoms with Crippen molar-refractivity contribution < 1.29 is 14.3 Å². The van der Waals surface area contributed by atoms with Crippen LogP contribution in [0.15, 0.2) is 29.7 Å². The molecule has 9 heteroatoms. The van der Waals surface area contributed by atoms with Crippen LogP contribution in [0.25, 0.3) is 5.70 Å². The fourth-order valence-corrected chi connectivity index (χ4v) is 3.69. The lowest BCUT2D eigenvalue weighted by Gasteiger charge is -2.44. The quantitative estimate of drug-likeness (QED) is 0.829. The first-order valence-corrected chi connectivity index (χ1v) is 9.16. The first kappa shape index (κ1) is 17.4. The number of imide groups is 1. The molecule has 27 heavy (non-hydrogen) atoms. The van der Waals surface area contributed by atoms with Crippen molar-refractivity contribution in [3.8, 4) is 0 Å². The van der Waals surface area contributed by atoms with Crippen molar-refractivity contribution in [1.82, 2.24) is 25.1 Å². The summed E-state index contributed by atoms with van der Waals surface area (Å²) in [6.07, 6.45) is 6.38. The molecule has 1 unspecified atom stereocenters. The zero-order valence-electron chi connectivity index (χ0n) is 15.2. The number of likely N-dealkylation sites (tertiary alicyclic amines) is 1. The summed E-state index contributed by atoms with van der Waals surface area (Å²) in [5.74, 6) is 0.537. The number of ether oxygens (including phenoxy) is 1. The Hall–Kier alpha value is -2.97. The number of aromatic nitrogens is 2. The molecule has 4 rings (SSSR count). The van der Waals surface area contributed by atoms with Gasteiger partial charge in [-0.15, -0.1) is 0 Å². The number of carbonyl (C=O) groups is 2. The third-order valence-electron chi connectivity index (χ3n) is 5.18. The van der Waals surface area contributed by atoms with E-state index in [-0.39, 0.29) is 18.9 Å². The van der Waals surface area contributed by atoms with Crippen LogP contribution < -0.4 is 5.32 Å². The summed E-state index contributed by atoms with van der Waals surface area (Å²) in [4.78, 5) is 40.9. The molecule has 0 radical (unpaired) electrons. The van der Waals surface area contributed by atoms with E-state index in [4.69, 9.17) is 9.73 Å². The molecular formula is C18H22N6O3. The minimum absolute atomic E-state index is 0.220. The monoisotopic (exact) mass is 370 g/mol. The Morgan fingerprint density at radius 1 is 1.37 bits per heavy atom. The van der Waals surface area contributed by atoms with Crippen LogP contribution in [-0.4, -0.2) is 69.5 Å². The van der Waals surface area contributed by atoms with E-state index in [1.807, 2.05) is 6.07 Å². The van der Waals surface area contributed by atoms with Crippen LogP contribution >= 0.6 is 0 Å². The summed E-state index contributed by atoms with van der Waals surface area (Å²) in [6.45, 7) is 3.87. The topological polar surface area (TPSA) is 100 Å². The number of piperidine rings is 1. The summed E-state index contributed by atoms with van der Waals surface area (Å²) >= 11 is 0. The number of nitrogens with zero attached hydrogens (tertiary/aromatic N) is 5. The number of amides is 2. The van der Waals surface area contributed by atoms with Crippen molar-refractivity contribution in [1.29, 1.82) is 0 Å². The highest BCUT2D eigenvalue weighted by Gasteiger charge is 2.44. The van der Waals surface area contributed by atoms with Crippen LogP contribution in [0.1, 0.15) is 31.9 Å². The highest BCUT2D eigenvalue weighted by Crippen LogP contribution is 2.35. The smallest absolute Gasteiger partial charge is 0.416 e. The lowest BCUT2D eigenvalue weighted by Crippen LogP contribution is -2.56. The maximum absolute atomic E-state index is 12.5. The third-order valence-corrected chi connectivity index (χ3v) is 5.18. The molecule has 0 aromatic carbocycles. The van der Waals surface area contributed by atoms with Crippen molar-refractivity contribution >= 4 is 23.7 Å². The zero-order chi connectivity index (χ0) is 18.9. The number of guanidine groups is 1. The van der Waals surface area contributed by atoms with Gasteiger partial charge in [-0.1, -0.05) is 0 Å². The summed E-state index contributed by atoms with van der Waals surface area (Å²) in [5.41, 5.74) is 1.23. The molecule has 0 aliphatic carbocycles. The van der Waals surface area contributed by atoms with E-state index in [1.54, 1.807) is 13.1 Å². The molecule has 1 spiro atoms. The number of aliphatic imine (C=N–C) groups is 1. The molecule has 1 aromatic rings. The van der Waals surface area contributed by atoms with E-state index in [2.05, 4.69) is 26.3 Å². The second-order valence-corrected chi connectivity index (χ2v) is 6.86. The highest BCUT2D eigenvalue weighted by molar-refractivity contribution is 5.95. The molecule has 3 aliphatic heterocycles. The fourth-order valence-electron chi connectivity index (χ4n) is 3.69. The number of carbonyl (C=O) groups excluding carboxylic acids is 2. The molecule has 2 amide bonds. The first-order chi connectivity index (χ1) is 13.1. The molecule has 3 aliphatic rings. The summed E-state index contributed by atoms with van der Waals surface area (Å²) in [7, 11) is 0. The summed E-state index contributed by atoms with van der Waals surface area (Å²) in [6, 6.07) is 1.84. The summed E-state index contributed by atoms with van der Waals surface area (Å²) < 4.78 is 4.97. The maximum Gasteiger partial charge on any atom is 0.416 e. The molecule has 0 bridgehead atoms. The van der Waals surface area contributed by atoms with Gasteiger partial charge in [0.1, 0.15) is 6.33 Å². The van der Waals surface area contributed by atoms with Gasteiger partial charge in [-0.2, -0.15) is 0 Å². The fraction of sp³-hybridized carbons (Fsp3) is 0.500. The number of rotatable bonds is 2. The second kappa shape index (κ2) is 6.98. The predicted molar refractivity (Wildman–Crippen MR) is 97.5 cm³/mol. The average Bonchev–Trinajstić information content (AvgIpc) is 2.68. The van der Waals surface area contributed by atoms with Gasteiger partial charge in [0.2, 0.25) is 5.91 Å². The van der Waals surface area contributed by atoms with Crippen LogP contribution in [0.3, 0.4) is 0 Å². The zero-order valence-corrected chi connectivity index (χ0v) is 15.2. The Morgan fingerprint density at radius 3 is 2.96 bits per heavy atom. The van der Waals surface area contributed by atoms with Crippen LogP contribution in [-0.2, 0) is 9.53 Å². The first-order valence-electron chi connectivity index (χ1n) is 9.16. The Labute approximate surface area is 157 Å². The largest absolute Gasteiger partial charge is 0.449 e. The average molecular weight is 370 g/mol. The number of hydrogen-bond acceptors (Lipinski definition) is 8. The minimum atomic E-state index is -0.563.